The molecule has 0 aliphatic rings. The molecule has 1 heterocycles. The molecule has 0 aliphatic carbocycles. The van der Waals surface area contributed by atoms with Crippen LogP contribution in [0.1, 0.15) is 0 Å². The maximum atomic E-state index is 12.4. The molecule has 0 bridgehead atoms. The highest BCUT2D eigenvalue weighted by Gasteiger charge is 2.22. The van der Waals surface area contributed by atoms with Crippen LogP contribution in [-0.2, 0) is 9.84 Å². The van der Waals surface area contributed by atoms with Crippen molar-refractivity contribution in [2.75, 3.05) is 0 Å². The Balaban J connectivity index is 2.27. The summed E-state index contributed by atoms with van der Waals surface area (Å²) in [6, 6.07) is 15.5. The minimum atomic E-state index is -3.52. The van der Waals surface area contributed by atoms with Gasteiger partial charge in [0.1, 0.15) is 16.7 Å². The van der Waals surface area contributed by atoms with E-state index in [4.69, 9.17) is 4.42 Å². The standard InChI is InChI=1S/C14H10O3S/c15-18(16,11-6-2-1-3-7-11)14-10-17-13-9-5-4-8-12(13)14/h1-10H. The smallest absolute Gasteiger partial charge is 0.210 e. The Morgan fingerprint density at radius 3 is 2.28 bits per heavy atom. The molecule has 0 unspecified atom stereocenters. The molecule has 3 rings (SSSR count). The number of furan rings is 1. The van der Waals surface area contributed by atoms with Crippen LogP contribution in [0.4, 0.5) is 0 Å². The summed E-state index contributed by atoms with van der Waals surface area (Å²) in [6.07, 6.45) is 1.30. The fourth-order valence-corrected chi connectivity index (χ4v) is 3.29. The Kier molecular flexibility index (Phi) is 2.45. The number of fused-ring (bicyclic) bond motifs is 1. The van der Waals surface area contributed by atoms with Crippen molar-refractivity contribution in [3.8, 4) is 0 Å². The first-order valence-electron chi connectivity index (χ1n) is 5.46. The van der Waals surface area contributed by atoms with E-state index in [1.807, 2.05) is 6.07 Å². The van der Waals surface area contributed by atoms with E-state index in [-0.39, 0.29) is 9.79 Å². The monoisotopic (exact) mass is 258 g/mol. The molecule has 18 heavy (non-hydrogen) atoms. The van der Waals surface area contributed by atoms with Crippen molar-refractivity contribution < 1.29 is 12.8 Å². The van der Waals surface area contributed by atoms with E-state index < -0.39 is 9.84 Å². The highest BCUT2D eigenvalue weighted by molar-refractivity contribution is 7.91. The van der Waals surface area contributed by atoms with Crippen molar-refractivity contribution in [2.24, 2.45) is 0 Å². The highest BCUT2D eigenvalue weighted by Crippen LogP contribution is 2.29. The van der Waals surface area contributed by atoms with Crippen molar-refractivity contribution in [1.82, 2.24) is 0 Å². The second-order valence-corrected chi connectivity index (χ2v) is 5.83. The molecule has 0 radical (unpaired) electrons. The topological polar surface area (TPSA) is 47.3 Å². The van der Waals surface area contributed by atoms with Crippen LogP contribution in [0.5, 0.6) is 0 Å². The zero-order valence-corrected chi connectivity index (χ0v) is 10.2. The largest absolute Gasteiger partial charge is 0.463 e. The van der Waals surface area contributed by atoms with Gasteiger partial charge in [-0.3, -0.25) is 0 Å². The van der Waals surface area contributed by atoms with Gasteiger partial charge in [-0.05, 0) is 24.3 Å². The molecule has 0 fully saturated rings. The van der Waals surface area contributed by atoms with Gasteiger partial charge < -0.3 is 4.42 Å². The van der Waals surface area contributed by atoms with Gasteiger partial charge in [0, 0.05) is 5.39 Å². The number of hydrogen-bond donors (Lipinski definition) is 0. The van der Waals surface area contributed by atoms with Gasteiger partial charge in [0.15, 0.2) is 0 Å². The molecule has 90 valence electrons. The van der Waals surface area contributed by atoms with Gasteiger partial charge in [0.2, 0.25) is 9.84 Å². The predicted octanol–water partition coefficient (Wildman–Crippen LogP) is 3.27. The molecule has 2 aromatic carbocycles. The van der Waals surface area contributed by atoms with Crippen molar-refractivity contribution in [2.45, 2.75) is 9.79 Å². The van der Waals surface area contributed by atoms with E-state index in [1.54, 1.807) is 48.5 Å². The Hall–Kier alpha value is -2.07. The van der Waals surface area contributed by atoms with Crippen LogP contribution in [0, 0.1) is 0 Å². The van der Waals surface area contributed by atoms with Crippen LogP contribution in [0.3, 0.4) is 0 Å². The van der Waals surface area contributed by atoms with Gasteiger partial charge in [-0.1, -0.05) is 30.3 Å². The second-order valence-electron chi connectivity index (χ2n) is 3.91. The van der Waals surface area contributed by atoms with Crippen LogP contribution in [0.2, 0.25) is 0 Å². The van der Waals surface area contributed by atoms with Crippen molar-refractivity contribution in [1.29, 1.82) is 0 Å². The van der Waals surface area contributed by atoms with Crippen LogP contribution < -0.4 is 0 Å². The fourth-order valence-electron chi connectivity index (χ4n) is 1.89. The molecule has 0 spiro atoms. The quantitative estimate of drug-likeness (QED) is 0.708. The third-order valence-electron chi connectivity index (χ3n) is 2.79. The molecular formula is C14H10O3S. The van der Waals surface area contributed by atoms with Gasteiger partial charge in [0.25, 0.3) is 0 Å². The van der Waals surface area contributed by atoms with Gasteiger partial charge >= 0.3 is 0 Å². The summed E-state index contributed by atoms with van der Waals surface area (Å²) in [6.45, 7) is 0. The first-order chi connectivity index (χ1) is 8.69. The lowest BCUT2D eigenvalue weighted by molar-refractivity contribution is 0.584. The Morgan fingerprint density at radius 2 is 1.50 bits per heavy atom. The molecule has 0 amide bonds. The van der Waals surface area contributed by atoms with E-state index in [9.17, 15) is 8.42 Å². The van der Waals surface area contributed by atoms with Gasteiger partial charge in [0.05, 0.1) is 4.90 Å². The molecule has 0 saturated carbocycles. The van der Waals surface area contributed by atoms with Crippen LogP contribution in [-0.4, -0.2) is 8.42 Å². The van der Waals surface area contributed by atoms with Gasteiger partial charge in [-0.2, -0.15) is 0 Å². The van der Waals surface area contributed by atoms with Crippen molar-refractivity contribution >= 4 is 20.8 Å². The average Bonchev–Trinajstić information content (AvgIpc) is 2.84. The average molecular weight is 258 g/mol. The summed E-state index contributed by atoms with van der Waals surface area (Å²) >= 11 is 0. The Labute approximate surface area is 105 Å². The summed E-state index contributed by atoms with van der Waals surface area (Å²) in [5.74, 6) is 0. The molecule has 0 saturated heterocycles. The van der Waals surface area contributed by atoms with E-state index in [0.717, 1.165) is 0 Å². The molecule has 1 aromatic heterocycles. The number of benzene rings is 2. The van der Waals surface area contributed by atoms with Crippen molar-refractivity contribution in [3.05, 3.63) is 60.9 Å². The van der Waals surface area contributed by atoms with Crippen LogP contribution in [0.15, 0.2) is 75.1 Å². The summed E-state index contributed by atoms with van der Waals surface area (Å²) in [5.41, 5.74) is 0.576. The highest BCUT2D eigenvalue weighted by atomic mass is 32.2. The molecule has 0 aliphatic heterocycles. The second kappa shape index (κ2) is 3.99. The normalized spacial score (nSPS) is 11.8. The Bertz CT molecular complexity index is 786. The third-order valence-corrected chi connectivity index (χ3v) is 4.58. The maximum Gasteiger partial charge on any atom is 0.210 e. The molecule has 3 nitrogen and oxygen atoms in total. The first-order valence-corrected chi connectivity index (χ1v) is 6.94. The molecule has 4 heteroatoms. The summed E-state index contributed by atoms with van der Waals surface area (Å²) in [7, 11) is -3.52. The number of rotatable bonds is 2. The molecule has 0 N–H and O–H groups in total. The van der Waals surface area contributed by atoms with E-state index >= 15 is 0 Å². The zero-order valence-electron chi connectivity index (χ0n) is 9.41. The minimum absolute atomic E-state index is 0.212. The third kappa shape index (κ3) is 1.62. The van der Waals surface area contributed by atoms with Crippen molar-refractivity contribution in [3.63, 3.8) is 0 Å². The van der Waals surface area contributed by atoms with E-state index in [2.05, 4.69) is 0 Å². The predicted molar refractivity (Wildman–Crippen MR) is 68.1 cm³/mol. The zero-order chi connectivity index (χ0) is 12.6. The van der Waals surface area contributed by atoms with Crippen LogP contribution in [0.25, 0.3) is 11.0 Å². The number of para-hydroxylation sites is 1. The summed E-state index contributed by atoms with van der Waals surface area (Å²) in [4.78, 5) is 0.487. The van der Waals surface area contributed by atoms with Gasteiger partial charge in [-0.25, -0.2) is 8.42 Å². The minimum Gasteiger partial charge on any atom is -0.463 e. The van der Waals surface area contributed by atoms with E-state index in [1.165, 1.54) is 6.26 Å². The molecular weight excluding hydrogens is 248 g/mol. The molecule has 3 aromatic rings. The Morgan fingerprint density at radius 1 is 0.833 bits per heavy atom. The van der Waals surface area contributed by atoms with Crippen LogP contribution >= 0.6 is 0 Å². The first kappa shape index (κ1) is 11.0. The number of hydrogen-bond acceptors (Lipinski definition) is 3. The fraction of sp³-hybridized carbons (Fsp3) is 0. The summed E-state index contributed by atoms with van der Waals surface area (Å²) in [5, 5.41) is 0.612. The lowest BCUT2D eigenvalue weighted by Gasteiger charge is -2.01. The van der Waals surface area contributed by atoms with Gasteiger partial charge in [-0.15, -0.1) is 0 Å². The maximum absolute atomic E-state index is 12.4. The van der Waals surface area contributed by atoms with E-state index in [0.29, 0.717) is 11.0 Å². The lowest BCUT2D eigenvalue weighted by atomic mass is 10.3. The SMILES string of the molecule is O=S(=O)(c1ccccc1)c1coc2ccccc12. The summed E-state index contributed by atoms with van der Waals surface area (Å²) < 4.78 is 30.2. The number of sulfone groups is 1. The lowest BCUT2D eigenvalue weighted by Crippen LogP contribution is -2.00. The molecule has 0 atom stereocenters.